The fraction of sp³-hybridized carbons (Fsp3) is 0.611. The van der Waals surface area contributed by atoms with E-state index in [4.69, 9.17) is 4.74 Å². The maximum absolute atomic E-state index is 12.8. The first kappa shape index (κ1) is 20.7. The van der Waals surface area contributed by atoms with Gasteiger partial charge in [0, 0.05) is 53.0 Å². The molecule has 1 heterocycles. The minimum absolute atomic E-state index is 0.00701. The Morgan fingerprint density at radius 3 is 2.54 bits per heavy atom. The normalized spacial score (nSPS) is 16.6. The Kier molecular flexibility index (Phi) is 7.86. The first-order valence-corrected chi connectivity index (χ1v) is 8.75. The lowest BCUT2D eigenvalue weighted by molar-refractivity contribution is -0.137. The topological polar surface area (TPSA) is 44.8 Å². The summed E-state index contributed by atoms with van der Waals surface area (Å²) in [5.41, 5.74) is 0.0444. The van der Waals surface area contributed by atoms with Gasteiger partial charge in [0.25, 0.3) is 0 Å². The van der Waals surface area contributed by atoms with Gasteiger partial charge in [0.15, 0.2) is 0 Å². The van der Waals surface area contributed by atoms with Crippen molar-refractivity contribution in [2.45, 2.75) is 19.1 Å². The van der Waals surface area contributed by atoms with E-state index in [1.807, 2.05) is 0 Å². The van der Waals surface area contributed by atoms with Crippen molar-refractivity contribution in [3.05, 3.63) is 35.4 Å². The summed E-state index contributed by atoms with van der Waals surface area (Å²) in [6, 6.07) is 5.46. The molecule has 8 heteroatoms. The Balaban J connectivity index is 1.72. The number of carbonyl (C=O) groups is 1. The number of hydrogen-bond donors (Lipinski definition) is 1. The van der Waals surface area contributed by atoms with Crippen LogP contribution in [0.3, 0.4) is 0 Å². The molecule has 146 valence electrons. The van der Waals surface area contributed by atoms with Gasteiger partial charge >= 0.3 is 6.18 Å². The number of carbonyl (C=O) groups excluding carboxylic acids is 1. The summed E-state index contributed by atoms with van der Waals surface area (Å²) in [4.78, 5) is 16.0. The van der Waals surface area contributed by atoms with Gasteiger partial charge in [0.1, 0.15) is 0 Å². The highest BCUT2D eigenvalue weighted by molar-refractivity contribution is 5.77. The lowest BCUT2D eigenvalue weighted by Crippen LogP contribution is -2.49. The molecular formula is C18H26F3N3O2. The van der Waals surface area contributed by atoms with Gasteiger partial charge in [0.2, 0.25) is 5.91 Å². The molecule has 1 N–H and O–H groups in total. The summed E-state index contributed by atoms with van der Waals surface area (Å²) in [5.74, 6) is -0.00701. The predicted molar refractivity (Wildman–Crippen MR) is 92.7 cm³/mol. The smallest absolute Gasteiger partial charge is 0.385 e. The standard InChI is InChI=1S/C18H26F3N3O2/c1-26-11-3-6-22-17(25)14-24-9-7-23(8-10-24)13-15-4-2-5-16(12-15)18(19,20)21/h2,4-5,12H,3,6-11,13-14H2,1H3,(H,22,25). The fourth-order valence-electron chi connectivity index (χ4n) is 2.91. The lowest BCUT2D eigenvalue weighted by atomic mass is 10.1. The summed E-state index contributed by atoms with van der Waals surface area (Å²) >= 11 is 0. The summed E-state index contributed by atoms with van der Waals surface area (Å²) in [6.45, 7) is 4.97. The summed E-state index contributed by atoms with van der Waals surface area (Å²) in [6.07, 6.45) is -3.53. The average Bonchev–Trinajstić information content (AvgIpc) is 2.60. The third-order valence-electron chi connectivity index (χ3n) is 4.34. The van der Waals surface area contributed by atoms with E-state index in [-0.39, 0.29) is 5.91 Å². The van der Waals surface area contributed by atoms with Crippen LogP contribution >= 0.6 is 0 Å². The molecule has 0 unspecified atom stereocenters. The van der Waals surface area contributed by atoms with Gasteiger partial charge in [0.05, 0.1) is 12.1 Å². The molecule has 1 amide bonds. The Hall–Kier alpha value is -1.64. The van der Waals surface area contributed by atoms with Gasteiger partial charge in [-0.3, -0.25) is 14.6 Å². The molecule has 5 nitrogen and oxygen atoms in total. The second kappa shape index (κ2) is 9.89. The molecule has 2 rings (SSSR count). The van der Waals surface area contributed by atoms with Crippen molar-refractivity contribution < 1.29 is 22.7 Å². The van der Waals surface area contributed by atoms with Crippen LogP contribution in [0.4, 0.5) is 13.2 Å². The first-order chi connectivity index (χ1) is 12.4. The molecule has 1 aliphatic rings. The van der Waals surface area contributed by atoms with Crippen LogP contribution in [0, 0.1) is 0 Å². The molecule has 0 saturated carbocycles. The minimum Gasteiger partial charge on any atom is -0.385 e. The fourth-order valence-corrected chi connectivity index (χ4v) is 2.91. The van der Waals surface area contributed by atoms with E-state index < -0.39 is 11.7 Å². The van der Waals surface area contributed by atoms with Crippen LogP contribution in [-0.2, 0) is 22.3 Å². The van der Waals surface area contributed by atoms with Crippen molar-refractivity contribution in [2.75, 3.05) is 53.0 Å². The van der Waals surface area contributed by atoms with Crippen molar-refractivity contribution >= 4 is 5.91 Å². The van der Waals surface area contributed by atoms with E-state index in [0.717, 1.165) is 38.7 Å². The van der Waals surface area contributed by atoms with Gasteiger partial charge < -0.3 is 10.1 Å². The largest absolute Gasteiger partial charge is 0.416 e. The zero-order valence-corrected chi connectivity index (χ0v) is 15.0. The minimum atomic E-state index is -4.31. The highest BCUT2D eigenvalue weighted by Crippen LogP contribution is 2.29. The van der Waals surface area contributed by atoms with Crippen LogP contribution < -0.4 is 5.32 Å². The van der Waals surface area contributed by atoms with Crippen LogP contribution in [0.1, 0.15) is 17.5 Å². The number of piperazine rings is 1. The second-order valence-electron chi connectivity index (χ2n) is 6.45. The Morgan fingerprint density at radius 1 is 1.19 bits per heavy atom. The number of methoxy groups -OCH3 is 1. The number of benzene rings is 1. The summed E-state index contributed by atoms with van der Waals surface area (Å²) in [7, 11) is 1.63. The van der Waals surface area contributed by atoms with E-state index in [9.17, 15) is 18.0 Å². The zero-order chi connectivity index (χ0) is 19.0. The lowest BCUT2D eigenvalue weighted by Gasteiger charge is -2.34. The van der Waals surface area contributed by atoms with Crippen LogP contribution in [0.25, 0.3) is 0 Å². The molecule has 0 aliphatic carbocycles. The highest BCUT2D eigenvalue weighted by Gasteiger charge is 2.30. The molecule has 1 saturated heterocycles. The van der Waals surface area contributed by atoms with E-state index >= 15 is 0 Å². The third kappa shape index (κ3) is 6.93. The summed E-state index contributed by atoms with van der Waals surface area (Å²) < 4.78 is 43.3. The Morgan fingerprint density at radius 2 is 1.88 bits per heavy atom. The average molecular weight is 373 g/mol. The Labute approximate surface area is 152 Å². The molecule has 1 aromatic carbocycles. The SMILES string of the molecule is COCCCNC(=O)CN1CCN(Cc2cccc(C(F)(F)F)c2)CC1. The zero-order valence-electron chi connectivity index (χ0n) is 15.0. The maximum atomic E-state index is 12.8. The molecule has 0 bridgehead atoms. The van der Waals surface area contributed by atoms with Crippen molar-refractivity contribution in [2.24, 2.45) is 0 Å². The van der Waals surface area contributed by atoms with Crippen molar-refractivity contribution in [1.82, 2.24) is 15.1 Å². The monoisotopic (exact) mass is 373 g/mol. The third-order valence-corrected chi connectivity index (χ3v) is 4.34. The Bertz CT molecular complexity index is 573. The molecule has 0 radical (unpaired) electrons. The van der Waals surface area contributed by atoms with Crippen LogP contribution in [0.2, 0.25) is 0 Å². The van der Waals surface area contributed by atoms with Crippen molar-refractivity contribution in [3.8, 4) is 0 Å². The first-order valence-electron chi connectivity index (χ1n) is 8.75. The molecule has 1 aliphatic heterocycles. The highest BCUT2D eigenvalue weighted by atomic mass is 19.4. The maximum Gasteiger partial charge on any atom is 0.416 e. The van der Waals surface area contributed by atoms with E-state index in [1.165, 1.54) is 12.1 Å². The number of alkyl halides is 3. The molecule has 0 spiro atoms. The molecule has 0 aromatic heterocycles. The number of hydrogen-bond acceptors (Lipinski definition) is 4. The van der Waals surface area contributed by atoms with Gasteiger partial charge in [-0.05, 0) is 18.1 Å². The van der Waals surface area contributed by atoms with Crippen molar-refractivity contribution in [3.63, 3.8) is 0 Å². The van der Waals surface area contributed by atoms with Gasteiger partial charge in [-0.15, -0.1) is 0 Å². The number of nitrogens with zero attached hydrogens (tertiary/aromatic N) is 2. The quantitative estimate of drug-likeness (QED) is 0.708. The second-order valence-corrected chi connectivity index (χ2v) is 6.45. The summed E-state index contributed by atoms with van der Waals surface area (Å²) in [5, 5.41) is 2.86. The van der Waals surface area contributed by atoms with Crippen LogP contribution in [0.5, 0.6) is 0 Å². The van der Waals surface area contributed by atoms with Gasteiger partial charge in [-0.2, -0.15) is 13.2 Å². The number of rotatable bonds is 8. The van der Waals surface area contributed by atoms with E-state index in [0.29, 0.717) is 31.8 Å². The van der Waals surface area contributed by atoms with E-state index in [1.54, 1.807) is 13.2 Å². The van der Waals surface area contributed by atoms with Crippen molar-refractivity contribution in [1.29, 1.82) is 0 Å². The van der Waals surface area contributed by atoms with Crippen LogP contribution in [-0.4, -0.2) is 68.7 Å². The molecule has 0 atom stereocenters. The number of nitrogens with one attached hydrogen (secondary N) is 1. The predicted octanol–water partition coefficient (Wildman–Crippen LogP) is 1.98. The van der Waals surface area contributed by atoms with Crippen LogP contribution in [0.15, 0.2) is 24.3 Å². The molecule has 26 heavy (non-hydrogen) atoms. The number of halogens is 3. The number of amides is 1. The van der Waals surface area contributed by atoms with Gasteiger partial charge in [-0.25, -0.2) is 0 Å². The number of ether oxygens (including phenoxy) is 1. The molecular weight excluding hydrogens is 347 g/mol. The van der Waals surface area contributed by atoms with E-state index in [2.05, 4.69) is 15.1 Å². The van der Waals surface area contributed by atoms with Gasteiger partial charge in [-0.1, -0.05) is 18.2 Å². The molecule has 1 aromatic rings. The molecule has 1 fully saturated rings.